The van der Waals surface area contributed by atoms with Gasteiger partial charge in [0.25, 0.3) is 11.8 Å². The Balaban J connectivity index is 2.32. The lowest BCUT2D eigenvalue weighted by atomic mass is 10.3. The van der Waals surface area contributed by atoms with E-state index in [1.54, 1.807) is 6.92 Å². The molecule has 1 aliphatic rings. The molecular weight excluding hydrogens is 270 g/mol. The van der Waals surface area contributed by atoms with Crippen LogP contribution in [0, 0.1) is 0 Å². The zero-order valence-corrected chi connectivity index (χ0v) is 11.4. The van der Waals surface area contributed by atoms with E-state index in [9.17, 15) is 19.2 Å². The van der Waals surface area contributed by atoms with Crippen LogP contribution in [0.15, 0.2) is 0 Å². The molecule has 1 rings (SSSR count). The second-order valence-corrected chi connectivity index (χ2v) is 4.19. The van der Waals surface area contributed by atoms with E-state index in [0.29, 0.717) is 11.7 Å². The van der Waals surface area contributed by atoms with Crippen molar-refractivity contribution in [2.24, 2.45) is 0 Å². The normalized spacial score (nSPS) is 16.2. The second kappa shape index (κ2) is 7.59. The Bertz CT molecular complexity index is 391. The fraction of sp³-hybridized carbons (Fsp3) is 0.667. The Morgan fingerprint density at radius 2 is 1.80 bits per heavy atom. The molecule has 112 valence electrons. The number of carbonyl (C=O) groups is 4. The SMILES string of the molecule is CCOCC(=O)OC(C)CC(=O)ON1C(=O)CCC1=O. The number of hydrogen-bond donors (Lipinski definition) is 0. The molecule has 0 saturated carbocycles. The molecule has 8 heteroatoms. The summed E-state index contributed by atoms with van der Waals surface area (Å²) < 4.78 is 9.74. The molecule has 0 spiro atoms. The van der Waals surface area contributed by atoms with E-state index >= 15 is 0 Å². The van der Waals surface area contributed by atoms with E-state index in [0.717, 1.165) is 0 Å². The van der Waals surface area contributed by atoms with Gasteiger partial charge in [-0.15, -0.1) is 5.06 Å². The van der Waals surface area contributed by atoms with Crippen LogP contribution in [0.5, 0.6) is 0 Å². The molecule has 0 N–H and O–H groups in total. The molecule has 1 aliphatic heterocycles. The van der Waals surface area contributed by atoms with E-state index in [1.165, 1.54) is 6.92 Å². The standard InChI is InChI=1S/C12H17NO7/c1-3-18-7-12(17)19-8(2)6-11(16)20-13-9(14)4-5-10(13)15/h8H,3-7H2,1-2H3. The number of ether oxygens (including phenoxy) is 2. The summed E-state index contributed by atoms with van der Waals surface area (Å²) in [6, 6.07) is 0. The van der Waals surface area contributed by atoms with Crippen molar-refractivity contribution in [2.75, 3.05) is 13.2 Å². The predicted octanol–water partition coefficient (Wildman–Crippen LogP) is -0.0481. The van der Waals surface area contributed by atoms with Gasteiger partial charge in [0.2, 0.25) is 0 Å². The first-order chi connectivity index (χ1) is 9.43. The number of hydroxylamine groups is 2. The monoisotopic (exact) mass is 287 g/mol. The van der Waals surface area contributed by atoms with Crippen LogP contribution in [-0.2, 0) is 33.5 Å². The molecule has 1 unspecified atom stereocenters. The summed E-state index contributed by atoms with van der Waals surface area (Å²) in [5, 5.41) is 0.455. The predicted molar refractivity (Wildman–Crippen MR) is 63.8 cm³/mol. The van der Waals surface area contributed by atoms with Gasteiger partial charge in [0.1, 0.15) is 12.7 Å². The fourth-order valence-corrected chi connectivity index (χ4v) is 1.52. The average molecular weight is 287 g/mol. The van der Waals surface area contributed by atoms with E-state index in [4.69, 9.17) is 9.47 Å². The van der Waals surface area contributed by atoms with Crippen LogP contribution in [0.2, 0.25) is 0 Å². The van der Waals surface area contributed by atoms with Gasteiger partial charge >= 0.3 is 11.9 Å². The first-order valence-corrected chi connectivity index (χ1v) is 6.27. The average Bonchev–Trinajstić information content (AvgIpc) is 2.67. The number of carbonyl (C=O) groups excluding carboxylic acids is 4. The molecule has 8 nitrogen and oxygen atoms in total. The number of esters is 1. The highest BCUT2D eigenvalue weighted by atomic mass is 16.7. The summed E-state index contributed by atoms with van der Waals surface area (Å²) in [4.78, 5) is 49.8. The van der Waals surface area contributed by atoms with Gasteiger partial charge in [0.15, 0.2) is 0 Å². The first-order valence-electron chi connectivity index (χ1n) is 6.27. The molecule has 1 atom stereocenters. The summed E-state index contributed by atoms with van der Waals surface area (Å²) >= 11 is 0. The van der Waals surface area contributed by atoms with Crippen molar-refractivity contribution in [1.82, 2.24) is 5.06 Å². The molecule has 0 bridgehead atoms. The maximum Gasteiger partial charge on any atom is 0.336 e. The number of hydrogen-bond acceptors (Lipinski definition) is 7. The highest BCUT2D eigenvalue weighted by Gasteiger charge is 2.33. The van der Waals surface area contributed by atoms with E-state index in [2.05, 4.69) is 4.84 Å². The molecule has 1 fully saturated rings. The Morgan fingerprint density at radius 1 is 1.20 bits per heavy atom. The largest absolute Gasteiger partial charge is 0.460 e. The summed E-state index contributed by atoms with van der Waals surface area (Å²) in [5.74, 6) is -2.51. The summed E-state index contributed by atoms with van der Waals surface area (Å²) in [6.07, 6.45) is -0.923. The van der Waals surface area contributed by atoms with Crippen LogP contribution in [-0.4, -0.2) is 48.1 Å². The molecule has 1 heterocycles. The summed E-state index contributed by atoms with van der Waals surface area (Å²) in [7, 11) is 0. The van der Waals surface area contributed by atoms with Crippen LogP contribution in [0.25, 0.3) is 0 Å². The Hall–Kier alpha value is -1.96. The molecule has 0 aromatic heterocycles. The Morgan fingerprint density at radius 3 is 2.35 bits per heavy atom. The topological polar surface area (TPSA) is 99.2 Å². The van der Waals surface area contributed by atoms with Gasteiger partial charge in [-0.25, -0.2) is 9.59 Å². The van der Waals surface area contributed by atoms with E-state index in [1.807, 2.05) is 0 Å². The van der Waals surface area contributed by atoms with Gasteiger partial charge in [0.05, 0.1) is 6.42 Å². The molecule has 0 aromatic carbocycles. The maximum absolute atomic E-state index is 11.5. The molecule has 0 radical (unpaired) electrons. The third-order valence-corrected chi connectivity index (χ3v) is 2.41. The molecule has 2 amide bonds. The van der Waals surface area contributed by atoms with Gasteiger partial charge in [-0.2, -0.15) is 0 Å². The van der Waals surface area contributed by atoms with E-state index in [-0.39, 0.29) is 25.9 Å². The lowest BCUT2D eigenvalue weighted by molar-refractivity contribution is -0.199. The van der Waals surface area contributed by atoms with E-state index < -0.39 is 29.9 Å². The van der Waals surface area contributed by atoms with Crippen molar-refractivity contribution < 1.29 is 33.5 Å². The van der Waals surface area contributed by atoms with Gasteiger partial charge < -0.3 is 14.3 Å². The first kappa shape index (κ1) is 16.1. The smallest absolute Gasteiger partial charge is 0.336 e. The Labute approximate surface area is 115 Å². The summed E-state index contributed by atoms with van der Waals surface area (Å²) in [6.45, 7) is 3.42. The van der Waals surface area contributed by atoms with Crippen LogP contribution in [0.3, 0.4) is 0 Å². The number of imide groups is 1. The molecule has 1 saturated heterocycles. The minimum Gasteiger partial charge on any atom is -0.460 e. The fourth-order valence-electron chi connectivity index (χ4n) is 1.52. The van der Waals surface area contributed by atoms with Crippen LogP contribution in [0.1, 0.15) is 33.1 Å². The van der Waals surface area contributed by atoms with Crippen molar-refractivity contribution in [2.45, 2.75) is 39.2 Å². The van der Waals surface area contributed by atoms with Crippen molar-refractivity contribution in [3.63, 3.8) is 0 Å². The lowest BCUT2D eigenvalue weighted by Crippen LogP contribution is -2.33. The van der Waals surface area contributed by atoms with Crippen molar-refractivity contribution in [3.05, 3.63) is 0 Å². The highest BCUT2D eigenvalue weighted by Crippen LogP contribution is 2.13. The van der Waals surface area contributed by atoms with Crippen LogP contribution in [0.4, 0.5) is 0 Å². The van der Waals surface area contributed by atoms with Crippen LogP contribution < -0.4 is 0 Å². The summed E-state index contributed by atoms with van der Waals surface area (Å²) in [5.41, 5.74) is 0. The Kier molecular flexibility index (Phi) is 6.10. The minimum atomic E-state index is -0.815. The van der Waals surface area contributed by atoms with Crippen LogP contribution >= 0.6 is 0 Å². The number of amides is 2. The van der Waals surface area contributed by atoms with Crippen molar-refractivity contribution >= 4 is 23.8 Å². The minimum absolute atomic E-state index is 0.0327. The highest BCUT2D eigenvalue weighted by molar-refractivity contribution is 6.01. The lowest BCUT2D eigenvalue weighted by Gasteiger charge is -2.15. The zero-order chi connectivity index (χ0) is 15.1. The van der Waals surface area contributed by atoms with Gasteiger partial charge in [-0.3, -0.25) is 9.59 Å². The van der Waals surface area contributed by atoms with Gasteiger partial charge in [-0.05, 0) is 13.8 Å². The third-order valence-electron chi connectivity index (χ3n) is 2.41. The number of rotatable bonds is 7. The second-order valence-electron chi connectivity index (χ2n) is 4.19. The van der Waals surface area contributed by atoms with Crippen molar-refractivity contribution in [3.8, 4) is 0 Å². The quantitative estimate of drug-likeness (QED) is 0.478. The van der Waals surface area contributed by atoms with Gasteiger partial charge in [-0.1, -0.05) is 0 Å². The van der Waals surface area contributed by atoms with Gasteiger partial charge in [0, 0.05) is 19.4 Å². The maximum atomic E-state index is 11.5. The zero-order valence-electron chi connectivity index (χ0n) is 11.4. The molecule has 0 aromatic rings. The molecular formula is C12H17NO7. The number of nitrogens with zero attached hydrogens (tertiary/aromatic N) is 1. The molecule has 0 aliphatic carbocycles. The molecule has 20 heavy (non-hydrogen) atoms. The van der Waals surface area contributed by atoms with Crippen molar-refractivity contribution in [1.29, 1.82) is 0 Å². The third kappa shape index (κ3) is 4.96.